The Morgan fingerprint density at radius 3 is 2.94 bits per heavy atom. The number of methoxy groups -OCH3 is 1. The van der Waals surface area contributed by atoms with E-state index in [1.165, 1.54) is 13.2 Å². The van der Waals surface area contributed by atoms with Gasteiger partial charge in [-0.15, -0.1) is 0 Å². The summed E-state index contributed by atoms with van der Waals surface area (Å²) >= 11 is 0. The van der Waals surface area contributed by atoms with Crippen LogP contribution in [0.4, 0.5) is 0 Å². The fourth-order valence-corrected chi connectivity index (χ4v) is 1.15. The van der Waals surface area contributed by atoms with Crippen molar-refractivity contribution < 1.29 is 14.1 Å². The number of hydrogen-bond acceptors (Lipinski definition) is 5. The molecule has 1 aromatic heterocycles. The summed E-state index contributed by atoms with van der Waals surface area (Å²) in [5, 5.41) is 6.33. The molecule has 0 aliphatic heterocycles. The van der Waals surface area contributed by atoms with Crippen LogP contribution in [0.15, 0.2) is 10.6 Å². The Kier molecular flexibility index (Phi) is 4.78. The molecule has 1 amide bonds. The van der Waals surface area contributed by atoms with Gasteiger partial charge in [-0.2, -0.15) is 0 Å². The van der Waals surface area contributed by atoms with Crippen LogP contribution in [0.25, 0.3) is 0 Å². The van der Waals surface area contributed by atoms with Crippen LogP contribution < -0.4 is 10.1 Å². The third-order valence-electron chi connectivity index (χ3n) is 1.99. The zero-order chi connectivity index (χ0) is 12.0. The number of carbonyl (C=O) groups is 1. The molecule has 1 rings (SSSR count). The summed E-state index contributed by atoms with van der Waals surface area (Å²) in [6, 6.07) is 1.46. The summed E-state index contributed by atoms with van der Waals surface area (Å²) in [6.45, 7) is 1.55. The fraction of sp³-hybridized carbons (Fsp3) is 0.600. The lowest BCUT2D eigenvalue weighted by atomic mass is 10.3. The summed E-state index contributed by atoms with van der Waals surface area (Å²) < 4.78 is 9.52. The Bertz CT molecular complexity index is 336. The maximum atomic E-state index is 11.5. The summed E-state index contributed by atoms with van der Waals surface area (Å²) in [5.41, 5.74) is 0.238. The number of nitrogens with one attached hydrogen (secondary N) is 1. The first kappa shape index (κ1) is 12.5. The number of hydrogen-bond donors (Lipinski definition) is 1. The van der Waals surface area contributed by atoms with E-state index < -0.39 is 0 Å². The van der Waals surface area contributed by atoms with E-state index in [1.54, 1.807) is 0 Å². The van der Waals surface area contributed by atoms with Gasteiger partial charge in [0.15, 0.2) is 5.69 Å². The molecule has 0 saturated carbocycles. The van der Waals surface area contributed by atoms with Crippen molar-refractivity contribution in [1.29, 1.82) is 0 Å². The highest BCUT2D eigenvalue weighted by Crippen LogP contribution is 2.10. The minimum absolute atomic E-state index is 0.235. The molecule has 0 aromatic carbocycles. The molecule has 0 aliphatic rings. The Morgan fingerprint density at radius 1 is 1.62 bits per heavy atom. The third kappa shape index (κ3) is 3.90. The molecule has 0 spiro atoms. The average Bonchev–Trinajstić information content (AvgIpc) is 2.72. The summed E-state index contributed by atoms with van der Waals surface area (Å²) in [6.07, 6.45) is 0.897. The smallest absolute Gasteiger partial charge is 0.311 e. The molecular weight excluding hydrogens is 210 g/mol. The van der Waals surface area contributed by atoms with Crippen LogP contribution in [0.5, 0.6) is 5.95 Å². The van der Waals surface area contributed by atoms with Crippen LogP contribution in [0.2, 0.25) is 0 Å². The van der Waals surface area contributed by atoms with E-state index in [9.17, 15) is 4.79 Å². The van der Waals surface area contributed by atoms with Crippen LogP contribution in [-0.4, -0.2) is 50.3 Å². The van der Waals surface area contributed by atoms with E-state index >= 15 is 0 Å². The average molecular weight is 227 g/mol. The highest BCUT2D eigenvalue weighted by atomic mass is 16.6. The Hall–Kier alpha value is -1.56. The van der Waals surface area contributed by atoms with Crippen LogP contribution in [-0.2, 0) is 0 Å². The van der Waals surface area contributed by atoms with Crippen molar-refractivity contribution in [3.63, 3.8) is 0 Å². The molecule has 1 N–H and O–H groups in total. The molecule has 1 heterocycles. The molecule has 90 valence electrons. The molecule has 0 fully saturated rings. The molecule has 0 bridgehead atoms. The van der Waals surface area contributed by atoms with Crippen molar-refractivity contribution >= 4 is 5.91 Å². The third-order valence-corrected chi connectivity index (χ3v) is 1.99. The molecule has 16 heavy (non-hydrogen) atoms. The van der Waals surface area contributed by atoms with Gasteiger partial charge in [0.2, 0.25) is 0 Å². The molecule has 6 heteroatoms. The van der Waals surface area contributed by atoms with Crippen molar-refractivity contribution in [2.45, 2.75) is 6.42 Å². The van der Waals surface area contributed by atoms with Crippen molar-refractivity contribution in [3.8, 4) is 5.95 Å². The van der Waals surface area contributed by atoms with E-state index in [-0.39, 0.29) is 17.5 Å². The first-order valence-electron chi connectivity index (χ1n) is 5.07. The predicted molar refractivity (Wildman–Crippen MR) is 58.6 cm³/mol. The normalized spacial score (nSPS) is 10.5. The van der Waals surface area contributed by atoms with Crippen molar-refractivity contribution in [2.24, 2.45) is 0 Å². The van der Waals surface area contributed by atoms with E-state index in [0.29, 0.717) is 6.54 Å². The maximum absolute atomic E-state index is 11.5. The van der Waals surface area contributed by atoms with Gasteiger partial charge in [-0.3, -0.25) is 4.79 Å². The van der Waals surface area contributed by atoms with Crippen molar-refractivity contribution in [3.05, 3.63) is 11.8 Å². The number of ether oxygens (including phenoxy) is 1. The zero-order valence-electron chi connectivity index (χ0n) is 9.82. The van der Waals surface area contributed by atoms with Gasteiger partial charge in [0.05, 0.1) is 13.2 Å². The Labute approximate surface area is 94.5 Å². The van der Waals surface area contributed by atoms with Gasteiger partial charge in [-0.1, -0.05) is 5.16 Å². The first-order chi connectivity index (χ1) is 7.63. The quantitative estimate of drug-likeness (QED) is 0.711. The van der Waals surface area contributed by atoms with Gasteiger partial charge < -0.3 is 19.5 Å². The molecule has 6 nitrogen and oxygen atoms in total. The highest BCUT2D eigenvalue weighted by molar-refractivity contribution is 5.92. The van der Waals surface area contributed by atoms with Crippen LogP contribution in [0, 0.1) is 0 Å². The van der Waals surface area contributed by atoms with Gasteiger partial charge in [0.1, 0.15) is 0 Å². The second-order valence-electron chi connectivity index (χ2n) is 3.65. The highest BCUT2D eigenvalue weighted by Gasteiger charge is 2.11. The standard InChI is InChI=1S/C10H17N3O3/c1-13(2)6-4-5-11-10(14)8-7-9(15-3)16-12-8/h7H,4-6H2,1-3H3,(H,11,14). The number of nitrogens with zero attached hydrogens (tertiary/aromatic N) is 2. The predicted octanol–water partition coefficient (Wildman–Crippen LogP) is 0.365. The second kappa shape index (κ2) is 6.12. The number of rotatable bonds is 6. The van der Waals surface area contributed by atoms with Crippen molar-refractivity contribution in [2.75, 3.05) is 34.3 Å². The lowest BCUT2D eigenvalue weighted by Crippen LogP contribution is -2.27. The molecule has 0 saturated heterocycles. The molecule has 1 aromatic rings. The van der Waals surface area contributed by atoms with Gasteiger partial charge >= 0.3 is 5.95 Å². The summed E-state index contributed by atoms with van der Waals surface area (Å²) in [5.74, 6) is -0.00996. The maximum Gasteiger partial charge on any atom is 0.311 e. The monoisotopic (exact) mass is 227 g/mol. The van der Waals surface area contributed by atoms with Crippen molar-refractivity contribution in [1.82, 2.24) is 15.4 Å². The number of amides is 1. The molecular formula is C10H17N3O3. The number of carbonyl (C=O) groups excluding carboxylic acids is 1. The van der Waals surface area contributed by atoms with Crippen LogP contribution >= 0.6 is 0 Å². The minimum atomic E-state index is -0.245. The lowest BCUT2D eigenvalue weighted by Gasteiger charge is -2.08. The second-order valence-corrected chi connectivity index (χ2v) is 3.65. The van der Waals surface area contributed by atoms with E-state index in [0.717, 1.165) is 13.0 Å². The first-order valence-corrected chi connectivity index (χ1v) is 5.07. The van der Waals surface area contributed by atoms with Crippen LogP contribution in [0.1, 0.15) is 16.9 Å². The summed E-state index contributed by atoms with van der Waals surface area (Å²) in [7, 11) is 5.44. The van der Waals surface area contributed by atoms with Gasteiger partial charge in [0, 0.05) is 6.54 Å². The number of aromatic nitrogens is 1. The van der Waals surface area contributed by atoms with E-state index in [4.69, 9.17) is 9.26 Å². The van der Waals surface area contributed by atoms with E-state index in [1.807, 2.05) is 14.1 Å². The molecule has 0 atom stereocenters. The van der Waals surface area contributed by atoms with Gasteiger partial charge in [-0.25, -0.2) is 0 Å². The molecule has 0 aliphatic carbocycles. The lowest BCUT2D eigenvalue weighted by molar-refractivity contribution is 0.0943. The topological polar surface area (TPSA) is 67.6 Å². The Morgan fingerprint density at radius 2 is 2.38 bits per heavy atom. The largest absolute Gasteiger partial charge is 0.467 e. The van der Waals surface area contributed by atoms with Gasteiger partial charge in [-0.05, 0) is 27.1 Å². The SMILES string of the molecule is COc1cc(C(=O)NCCCN(C)C)no1. The Balaban J connectivity index is 2.29. The van der Waals surface area contributed by atoms with E-state index in [2.05, 4.69) is 15.4 Å². The zero-order valence-corrected chi connectivity index (χ0v) is 9.82. The minimum Gasteiger partial charge on any atom is -0.467 e. The molecule has 0 radical (unpaired) electrons. The summed E-state index contributed by atoms with van der Waals surface area (Å²) in [4.78, 5) is 13.6. The molecule has 0 unspecified atom stereocenters. The fourth-order valence-electron chi connectivity index (χ4n) is 1.15. The van der Waals surface area contributed by atoms with Crippen LogP contribution in [0.3, 0.4) is 0 Å². The van der Waals surface area contributed by atoms with Gasteiger partial charge in [0.25, 0.3) is 5.91 Å².